The highest BCUT2D eigenvalue weighted by Gasteiger charge is 2.29. The van der Waals surface area contributed by atoms with E-state index in [2.05, 4.69) is 16.0 Å². The highest BCUT2D eigenvalue weighted by molar-refractivity contribution is 5.76. The Morgan fingerprint density at radius 2 is 1.09 bits per heavy atom. The number of rotatable bonds is 10. The third-order valence-corrected chi connectivity index (χ3v) is 5.04. The van der Waals surface area contributed by atoms with Crippen molar-refractivity contribution < 1.29 is 29.1 Å². The number of nitrogens with two attached hydrogens (primary N) is 4. The van der Waals surface area contributed by atoms with Gasteiger partial charge < -0.3 is 44.0 Å². The Kier molecular flexibility index (Phi) is 11.5. The van der Waals surface area contributed by atoms with Crippen LogP contribution in [0.2, 0.25) is 0 Å². The highest BCUT2D eigenvalue weighted by atomic mass is 16.4. The van der Waals surface area contributed by atoms with Crippen LogP contribution in [-0.4, -0.2) is 96.5 Å². The number of primary amides is 4. The molecule has 1 aliphatic heterocycles. The van der Waals surface area contributed by atoms with Crippen LogP contribution in [0.1, 0.15) is 25.7 Å². The minimum Gasteiger partial charge on any atom is -0.480 e. The van der Waals surface area contributed by atoms with E-state index in [1.807, 2.05) is 0 Å². The van der Waals surface area contributed by atoms with Crippen LogP contribution < -0.4 is 38.9 Å². The molecule has 0 spiro atoms. The van der Waals surface area contributed by atoms with Crippen molar-refractivity contribution in [3.63, 3.8) is 0 Å². The Bertz CT molecular complexity index is 690. The predicted molar refractivity (Wildman–Crippen MR) is 114 cm³/mol. The molecule has 0 saturated carbocycles. The first-order valence-corrected chi connectivity index (χ1v) is 10.3. The zero-order chi connectivity index (χ0) is 24.3. The fourth-order valence-electron chi connectivity index (χ4n) is 3.65. The number of carbonyl (C=O) groups is 5. The van der Waals surface area contributed by atoms with E-state index >= 15 is 0 Å². The van der Waals surface area contributed by atoms with E-state index in [0.717, 1.165) is 0 Å². The Morgan fingerprint density at radius 1 is 0.688 bits per heavy atom. The van der Waals surface area contributed by atoms with E-state index < -0.39 is 60.3 Å². The van der Waals surface area contributed by atoms with Crippen molar-refractivity contribution in [1.29, 1.82) is 0 Å². The van der Waals surface area contributed by atoms with Crippen LogP contribution in [-0.2, 0) is 24.0 Å². The van der Waals surface area contributed by atoms with Gasteiger partial charge in [0, 0.05) is 76.0 Å². The molecule has 4 atom stereocenters. The lowest BCUT2D eigenvalue weighted by Gasteiger charge is -2.36. The van der Waals surface area contributed by atoms with Crippen LogP contribution in [0.25, 0.3) is 0 Å². The number of carboxylic acids is 1. The van der Waals surface area contributed by atoms with Gasteiger partial charge in [-0.25, -0.2) is 0 Å². The summed E-state index contributed by atoms with van der Waals surface area (Å²) in [6, 6.07) is -2.06. The number of carboxylic acid groups (broad SMARTS) is 1. The van der Waals surface area contributed by atoms with Gasteiger partial charge in [-0.05, 0) is 0 Å². The summed E-state index contributed by atoms with van der Waals surface area (Å²) in [4.78, 5) is 59.1. The Labute approximate surface area is 185 Å². The summed E-state index contributed by atoms with van der Waals surface area (Å²) in [6.07, 6.45) is -0.288. The van der Waals surface area contributed by atoms with Gasteiger partial charge in [0.05, 0.1) is 6.54 Å². The first-order valence-electron chi connectivity index (χ1n) is 10.3. The second kappa shape index (κ2) is 13.6. The van der Waals surface area contributed by atoms with Crippen LogP contribution in [0.5, 0.6) is 0 Å². The third kappa shape index (κ3) is 11.5. The van der Waals surface area contributed by atoms with Gasteiger partial charge in [-0.15, -0.1) is 0 Å². The van der Waals surface area contributed by atoms with Crippen LogP contribution in [0.3, 0.4) is 0 Å². The Balaban J connectivity index is 3.21. The monoisotopic (exact) mass is 458 g/mol. The van der Waals surface area contributed by atoms with Gasteiger partial charge in [-0.2, -0.15) is 0 Å². The van der Waals surface area contributed by atoms with Crippen molar-refractivity contribution in [3.8, 4) is 0 Å². The van der Waals surface area contributed by atoms with Gasteiger partial charge in [0.15, 0.2) is 0 Å². The molecule has 14 nitrogen and oxygen atoms in total. The standard InChI is InChI=1S/C18H34N8O6/c19-14(27)1-10-6-24-12(3-16(21)29)8-26(9-18(31)32)13(4-17(22)30)7-25-11(5-23-10)2-15(20)28/h10-13,23-25H,1-9H2,(H2,19,27)(H2,20,28)(H2,21,29)(H2,22,30)(H,31,32)/t10-,11-,12-,13-/m0/s1. The molecule has 1 saturated heterocycles. The number of carbonyl (C=O) groups excluding carboxylic acids is 4. The molecule has 182 valence electrons. The minimum absolute atomic E-state index is 0.0112. The molecule has 0 aromatic rings. The number of nitrogens with zero attached hydrogens (tertiary/aromatic N) is 1. The largest absolute Gasteiger partial charge is 0.480 e. The van der Waals surface area contributed by atoms with Crippen molar-refractivity contribution in [1.82, 2.24) is 20.9 Å². The molecular weight excluding hydrogens is 424 g/mol. The molecule has 4 amide bonds. The van der Waals surface area contributed by atoms with Crippen LogP contribution in [0.15, 0.2) is 0 Å². The number of amides is 4. The second-order valence-electron chi connectivity index (χ2n) is 7.97. The molecule has 1 fully saturated rings. The topological polar surface area (TPSA) is 249 Å². The molecule has 1 aliphatic rings. The van der Waals surface area contributed by atoms with E-state index in [1.54, 1.807) is 0 Å². The quantitative estimate of drug-likeness (QED) is 0.155. The fourth-order valence-corrected chi connectivity index (χ4v) is 3.65. The molecule has 14 heteroatoms. The van der Waals surface area contributed by atoms with Gasteiger partial charge in [0.25, 0.3) is 0 Å². The molecular formula is C18H34N8O6. The maximum Gasteiger partial charge on any atom is 0.317 e. The molecule has 0 radical (unpaired) electrons. The summed E-state index contributed by atoms with van der Waals surface area (Å²) in [6.45, 7) is 0.231. The smallest absolute Gasteiger partial charge is 0.317 e. The van der Waals surface area contributed by atoms with Crippen molar-refractivity contribution >= 4 is 29.6 Å². The summed E-state index contributed by atoms with van der Waals surface area (Å²) >= 11 is 0. The predicted octanol–water partition coefficient (Wildman–Crippen LogP) is -4.87. The molecule has 0 aromatic carbocycles. The summed E-state index contributed by atoms with van der Waals surface area (Å²) < 4.78 is 0. The van der Waals surface area contributed by atoms with Crippen molar-refractivity contribution in [2.45, 2.75) is 49.9 Å². The average Bonchev–Trinajstić information content (AvgIpc) is 2.63. The average molecular weight is 459 g/mol. The van der Waals surface area contributed by atoms with Gasteiger partial charge in [0.1, 0.15) is 0 Å². The summed E-state index contributed by atoms with van der Waals surface area (Å²) in [5.74, 6) is -3.47. The molecule has 1 rings (SSSR count). The Hall–Kier alpha value is -2.81. The second-order valence-corrected chi connectivity index (χ2v) is 7.97. The van der Waals surface area contributed by atoms with E-state index in [1.165, 1.54) is 4.90 Å². The number of nitrogens with one attached hydrogen (secondary N) is 3. The van der Waals surface area contributed by atoms with Crippen molar-refractivity contribution in [2.24, 2.45) is 22.9 Å². The van der Waals surface area contributed by atoms with Gasteiger partial charge >= 0.3 is 5.97 Å². The molecule has 0 bridgehead atoms. The lowest BCUT2D eigenvalue weighted by atomic mass is 10.0. The molecule has 0 aromatic heterocycles. The van der Waals surface area contributed by atoms with E-state index in [0.29, 0.717) is 0 Å². The van der Waals surface area contributed by atoms with Gasteiger partial charge in [-0.1, -0.05) is 0 Å². The molecule has 32 heavy (non-hydrogen) atoms. The SMILES string of the molecule is NC(=O)C[C@H]1CN[C@@H](CC(N)=O)CN(CC(=O)O)[C@@H](CC(N)=O)CN[C@@H](CC(N)=O)CN1. The van der Waals surface area contributed by atoms with Crippen LogP contribution in [0.4, 0.5) is 0 Å². The first kappa shape index (κ1) is 27.2. The van der Waals surface area contributed by atoms with Crippen molar-refractivity contribution in [2.75, 3.05) is 32.7 Å². The van der Waals surface area contributed by atoms with E-state index in [9.17, 15) is 29.1 Å². The lowest BCUT2D eigenvalue weighted by molar-refractivity contribution is -0.139. The summed E-state index contributed by atoms with van der Waals surface area (Å²) in [5.41, 5.74) is 21.4. The zero-order valence-corrected chi connectivity index (χ0v) is 17.9. The molecule has 12 N–H and O–H groups in total. The number of aliphatic carboxylic acids is 1. The molecule has 0 aliphatic carbocycles. The minimum atomic E-state index is -1.13. The maximum atomic E-state index is 11.6. The fraction of sp³-hybridized carbons (Fsp3) is 0.722. The Morgan fingerprint density at radius 3 is 1.53 bits per heavy atom. The van der Waals surface area contributed by atoms with Crippen molar-refractivity contribution in [3.05, 3.63) is 0 Å². The van der Waals surface area contributed by atoms with Crippen LogP contribution >= 0.6 is 0 Å². The summed E-state index contributed by atoms with van der Waals surface area (Å²) in [7, 11) is 0. The van der Waals surface area contributed by atoms with E-state index in [-0.39, 0.29) is 51.9 Å². The third-order valence-electron chi connectivity index (χ3n) is 5.04. The highest BCUT2D eigenvalue weighted by Crippen LogP contribution is 2.09. The summed E-state index contributed by atoms with van der Waals surface area (Å²) in [5, 5.41) is 18.8. The number of hydrogen-bond acceptors (Lipinski definition) is 9. The number of hydrogen-bond donors (Lipinski definition) is 8. The first-order chi connectivity index (χ1) is 15.0. The van der Waals surface area contributed by atoms with Gasteiger partial charge in [-0.3, -0.25) is 28.9 Å². The zero-order valence-electron chi connectivity index (χ0n) is 17.9. The van der Waals surface area contributed by atoms with Gasteiger partial charge in [0.2, 0.25) is 23.6 Å². The lowest BCUT2D eigenvalue weighted by Crippen LogP contribution is -2.57. The maximum absolute atomic E-state index is 11.6. The molecule has 0 unspecified atom stereocenters. The van der Waals surface area contributed by atoms with Crippen LogP contribution in [0, 0.1) is 0 Å². The normalized spacial score (nSPS) is 25.8. The van der Waals surface area contributed by atoms with E-state index in [4.69, 9.17) is 22.9 Å². The molecule has 1 heterocycles.